The number of aromatic nitrogens is 1. The zero-order chi connectivity index (χ0) is 11.2. The second kappa shape index (κ2) is 5.11. The molecule has 0 saturated carbocycles. The van der Waals surface area contributed by atoms with Gasteiger partial charge in [0, 0.05) is 21.7 Å². The van der Waals surface area contributed by atoms with Crippen molar-refractivity contribution in [2.45, 2.75) is 0 Å². The van der Waals surface area contributed by atoms with Crippen molar-refractivity contribution >= 4 is 29.2 Å². The van der Waals surface area contributed by atoms with Gasteiger partial charge in [0.05, 0.1) is 5.51 Å². The first-order valence-corrected chi connectivity index (χ1v) is 5.49. The maximum Gasteiger partial charge on any atom is 0.0797 e. The highest BCUT2D eigenvalue weighted by Crippen LogP contribution is 2.21. The molecule has 0 aliphatic carbocycles. The van der Waals surface area contributed by atoms with E-state index in [-0.39, 0.29) is 0 Å². The largest absolute Gasteiger partial charge is 0.253 e. The summed E-state index contributed by atoms with van der Waals surface area (Å²) >= 11 is 1.56. The van der Waals surface area contributed by atoms with Gasteiger partial charge in [0.15, 0.2) is 0 Å². The Hall–Kier alpha value is -2.10. The van der Waals surface area contributed by atoms with Gasteiger partial charge in [-0.2, -0.15) is 0 Å². The van der Waals surface area contributed by atoms with Crippen molar-refractivity contribution in [1.82, 2.24) is 4.98 Å². The lowest BCUT2D eigenvalue weighted by molar-refractivity contribution is 1.42. The third kappa shape index (κ3) is 2.48. The normalized spacial score (nSPS) is 10.2. The maximum atomic E-state index is 8.42. The van der Waals surface area contributed by atoms with E-state index in [2.05, 4.69) is 15.0 Å². The van der Waals surface area contributed by atoms with Crippen LogP contribution < -0.4 is 0 Å². The van der Waals surface area contributed by atoms with Gasteiger partial charge in [-0.1, -0.05) is 35.5 Å². The molecule has 0 N–H and O–H groups in total. The van der Waals surface area contributed by atoms with Gasteiger partial charge in [-0.3, -0.25) is 4.98 Å². The molecular formula is C11H8N4S. The van der Waals surface area contributed by atoms with Gasteiger partial charge in [-0.05, 0) is 17.2 Å². The second-order valence-electron chi connectivity index (χ2n) is 2.99. The summed E-state index contributed by atoms with van der Waals surface area (Å²) in [6.45, 7) is 0. The number of azide groups is 1. The number of hydrogen-bond acceptors (Lipinski definition) is 3. The zero-order valence-electron chi connectivity index (χ0n) is 8.32. The molecule has 0 aliphatic rings. The van der Waals surface area contributed by atoms with Crippen molar-refractivity contribution in [3.05, 3.63) is 56.9 Å². The fourth-order valence-electron chi connectivity index (χ4n) is 1.25. The van der Waals surface area contributed by atoms with Gasteiger partial charge in [0.1, 0.15) is 0 Å². The van der Waals surface area contributed by atoms with Crippen LogP contribution in [0.4, 0.5) is 5.69 Å². The zero-order valence-corrected chi connectivity index (χ0v) is 9.13. The quantitative estimate of drug-likeness (QED) is 0.440. The lowest BCUT2D eigenvalue weighted by atomic mass is 10.1. The standard InChI is InChI=1S/C11H8N4S/c12-15-14-11-4-2-1-3-9(11)5-6-10-7-13-8-16-10/h1-8H. The van der Waals surface area contributed by atoms with Gasteiger partial charge >= 0.3 is 0 Å². The highest BCUT2D eigenvalue weighted by Gasteiger charge is 1.95. The third-order valence-electron chi connectivity index (χ3n) is 1.97. The van der Waals surface area contributed by atoms with Crippen LogP contribution in [0.5, 0.6) is 0 Å². The Morgan fingerprint density at radius 1 is 1.31 bits per heavy atom. The van der Waals surface area contributed by atoms with Crippen LogP contribution >= 0.6 is 11.3 Å². The molecule has 1 aromatic carbocycles. The number of hydrogen-bond donors (Lipinski definition) is 0. The van der Waals surface area contributed by atoms with Crippen LogP contribution in [0.1, 0.15) is 10.4 Å². The molecule has 0 amide bonds. The highest BCUT2D eigenvalue weighted by atomic mass is 32.1. The predicted octanol–water partition coefficient (Wildman–Crippen LogP) is 4.26. The fourth-order valence-corrected chi connectivity index (χ4v) is 1.76. The van der Waals surface area contributed by atoms with E-state index in [1.54, 1.807) is 29.1 Å². The van der Waals surface area contributed by atoms with Crippen molar-refractivity contribution in [3.63, 3.8) is 0 Å². The molecule has 0 unspecified atom stereocenters. The van der Waals surface area contributed by atoms with Gasteiger partial charge in [0.2, 0.25) is 0 Å². The highest BCUT2D eigenvalue weighted by molar-refractivity contribution is 7.10. The minimum absolute atomic E-state index is 0.630. The molecule has 0 spiro atoms. The summed E-state index contributed by atoms with van der Waals surface area (Å²) in [5.74, 6) is 0. The van der Waals surface area contributed by atoms with Crippen LogP contribution in [-0.2, 0) is 0 Å². The Labute approximate surface area is 96.5 Å². The minimum Gasteiger partial charge on any atom is -0.253 e. The van der Waals surface area contributed by atoms with E-state index < -0.39 is 0 Å². The molecule has 0 radical (unpaired) electrons. The van der Waals surface area contributed by atoms with Crippen molar-refractivity contribution in [3.8, 4) is 0 Å². The molecule has 78 valence electrons. The number of nitrogens with zero attached hydrogens (tertiary/aromatic N) is 4. The lowest BCUT2D eigenvalue weighted by Gasteiger charge is -1.97. The van der Waals surface area contributed by atoms with Crippen molar-refractivity contribution in [2.24, 2.45) is 5.11 Å². The van der Waals surface area contributed by atoms with E-state index >= 15 is 0 Å². The number of thiazole rings is 1. The summed E-state index contributed by atoms with van der Waals surface area (Å²) in [6.07, 6.45) is 5.65. The monoisotopic (exact) mass is 228 g/mol. The maximum absolute atomic E-state index is 8.42. The molecule has 0 bridgehead atoms. The second-order valence-corrected chi connectivity index (χ2v) is 3.90. The van der Waals surface area contributed by atoms with Crippen LogP contribution in [0.3, 0.4) is 0 Å². The average molecular weight is 228 g/mol. The average Bonchev–Trinajstić information content (AvgIpc) is 2.81. The van der Waals surface area contributed by atoms with Crippen LogP contribution in [-0.4, -0.2) is 4.98 Å². The Kier molecular flexibility index (Phi) is 3.33. The van der Waals surface area contributed by atoms with E-state index in [0.29, 0.717) is 5.69 Å². The smallest absolute Gasteiger partial charge is 0.0797 e. The first kappa shape index (κ1) is 10.4. The third-order valence-corrected chi connectivity index (χ3v) is 2.71. The molecule has 1 heterocycles. The predicted molar refractivity (Wildman–Crippen MR) is 66.3 cm³/mol. The summed E-state index contributed by atoms with van der Waals surface area (Å²) in [5, 5.41) is 3.62. The number of rotatable bonds is 3. The molecule has 16 heavy (non-hydrogen) atoms. The topological polar surface area (TPSA) is 61.7 Å². The molecule has 0 atom stereocenters. The van der Waals surface area contributed by atoms with Crippen LogP contribution in [0.25, 0.3) is 22.6 Å². The van der Waals surface area contributed by atoms with E-state index in [0.717, 1.165) is 10.4 Å². The first-order valence-electron chi connectivity index (χ1n) is 4.61. The van der Waals surface area contributed by atoms with Crippen molar-refractivity contribution < 1.29 is 0 Å². The van der Waals surface area contributed by atoms with Gasteiger partial charge in [0.25, 0.3) is 0 Å². The molecular weight excluding hydrogens is 220 g/mol. The molecule has 2 aromatic rings. The SMILES string of the molecule is [N-]=[N+]=Nc1ccccc1C=Cc1cncs1. The van der Waals surface area contributed by atoms with Crippen LogP contribution in [0.15, 0.2) is 41.1 Å². The molecule has 5 heteroatoms. The van der Waals surface area contributed by atoms with Gasteiger partial charge in [-0.25, -0.2) is 0 Å². The van der Waals surface area contributed by atoms with Gasteiger partial charge in [-0.15, -0.1) is 11.3 Å². The van der Waals surface area contributed by atoms with E-state index in [1.165, 1.54) is 0 Å². The molecule has 0 fully saturated rings. The molecule has 2 rings (SSSR count). The summed E-state index contributed by atoms with van der Waals surface area (Å²) in [5.41, 5.74) is 11.7. The van der Waals surface area contributed by atoms with Crippen LogP contribution in [0, 0.1) is 0 Å². The summed E-state index contributed by atoms with van der Waals surface area (Å²) < 4.78 is 0. The van der Waals surface area contributed by atoms with Crippen molar-refractivity contribution in [2.75, 3.05) is 0 Å². The molecule has 1 aromatic heterocycles. The van der Waals surface area contributed by atoms with E-state index in [4.69, 9.17) is 5.53 Å². The van der Waals surface area contributed by atoms with Crippen molar-refractivity contribution in [1.29, 1.82) is 0 Å². The Balaban J connectivity index is 2.30. The summed E-state index contributed by atoms with van der Waals surface area (Å²) in [4.78, 5) is 7.84. The van der Waals surface area contributed by atoms with E-state index in [1.807, 2.05) is 30.4 Å². The summed E-state index contributed by atoms with van der Waals surface area (Å²) in [7, 11) is 0. The summed E-state index contributed by atoms with van der Waals surface area (Å²) in [6, 6.07) is 7.43. The Bertz CT molecular complexity index is 539. The van der Waals surface area contributed by atoms with Gasteiger partial charge < -0.3 is 0 Å². The number of benzene rings is 1. The van der Waals surface area contributed by atoms with E-state index in [9.17, 15) is 0 Å². The molecule has 0 saturated heterocycles. The fraction of sp³-hybridized carbons (Fsp3) is 0. The first-order chi connectivity index (χ1) is 7.90. The molecule has 0 aliphatic heterocycles. The lowest BCUT2D eigenvalue weighted by Crippen LogP contribution is -1.71. The Morgan fingerprint density at radius 3 is 2.94 bits per heavy atom. The van der Waals surface area contributed by atoms with Crippen LogP contribution in [0.2, 0.25) is 0 Å². The molecule has 4 nitrogen and oxygen atoms in total. The Morgan fingerprint density at radius 2 is 2.19 bits per heavy atom. The minimum atomic E-state index is 0.630.